The molecule has 2 amide bonds. The van der Waals surface area contributed by atoms with E-state index < -0.39 is 6.04 Å². The molecular formula is C23H29ClN2O3. The SMILES string of the molecule is CC[C@@H](C(=O)NC(C)C)N(Cc1cccc(C)c1)C(=O)COc1ccc(Cl)cc1. The summed E-state index contributed by atoms with van der Waals surface area (Å²) in [7, 11) is 0. The highest BCUT2D eigenvalue weighted by Gasteiger charge is 2.29. The molecule has 1 N–H and O–H groups in total. The van der Waals surface area contributed by atoms with E-state index in [0.717, 1.165) is 11.1 Å². The number of carbonyl (C=O) groups excluding carboxylic acids is 2. The lowest BCUT2D eigenvalue weighted by atomic mass is 10.1. The zero-order valence-electron chi connectivity index (χ0n) is 17.4. The molecule has 0 aliphatic heterocycles. The van der Waals surface area contributed by atoms with Gasteiger partial charge in [0.2, 0.25) is 5.91 Å². The molecule has 5 nitrogen and oxygen atoms in total. The molecule has 0 aliphatic rings. The van der Waals surface area contributed by atoms with Gasteiger partial charge < -0.3 is 15.0 Å². The van der Waals surface area contributed by atoms with Gasteiger partial charge in [-0.2, -0.15) is 0 Å². The van der Waals surface area contributed by atoms with Gasteiger partial charge in [-0.3, -0.25) is 9.59 Å². The van der Waals surface area contributed by atoms with Crippen LogP contribution in [0.5, 0.6) is 5.75 Å². The van der Waals surface area contributed by atoms with Crippen LogP contribution in [0, 0.1) is 6.92 Å². The molecule has 156 valence electrons. The Bertz CT molecular complexity index is 821. The fourth-order valence-electron chi connectivity index (χ4n) is 3.07. The van der Waals surface area contributed by atoms with Crippen LogP contribution in [0.4, 0.5) is 0 Å². The van der Waals surface area contributed by atoms with Crippen LogP contribution < -0.4 is 10.1 Å². The first-order chi connectivity index (χ1) is 13.8. The Kier molecular flexibility index (Phi) is 8.52. The van der Waals surface area contributed by atoms with Crippen molar-refractivity contribution in [3.8, 4) is 5.75 Å². The summed E-state index contributed by atoms with van der Waals surface area (Å²) in [6.45, 7) is 7.90. The van der Waals surface area contributed by atoms with Gasteiger partial charge in [-0.15, -0.1) is 0 Å². The van der Waals surface area contributed by atoms with Crippen molar-refractivity contribution >= 4 is 23.4 Å². The van der Waals surface area contributed by atoms with Crippen LogP contribution in [0.15, 0.2) is 48.5 Å². The largest absolute Gasteiger partial charge is 0.484 e. The van der Waals surface area contributed by atoms with Crippen LogP contribution in [-0.2, 0) is 16.1 Å². The zero-order chi connectivity index (χ0) is 21.4. The van der Waals surface area contributed by atoms with Crippen LogP contribution in [0.2, 0.25) is 5.02 Å². The molecule has 0 heterocycles. The fourth-order valence-corrected chi connectivity index (χ4v) is 3.19. The molecule has 0 saturated carbocycles. The number of nitrogens with one attached hydrogen (secondary N) is 1. The van der Waals surface area contributed by atoms with Crippen LogP contribution in [-0.4, -0.2) is 35.4 Å². The third kappa shape index (κ3) is 7.09. The summed E-state index contributed by atoms with van der Waals surface area (Å²) >= 11 is 5.89. The highest BCUT2D eigenvalue weighted by Crippen LogP contribution is 2.17. The van der Waals surface area contributed by atoms with Gasteiger partial charge in [0, 0.05) is 17.6 Å². The summed E-state index contributed by atoms with van der Waals surface area (Å²) in [4.78, 5) is 27.4. The Morgan fingerprint density at radius 2 is 1.83 bits per heavy atom. The van der Waals surface area contributed by atoms with Crippen molar-refractivity contribution < 1.29 is 14.3 Å². The maximum atomic E-state index is 13.1. The predicted molar refractivity (Wildman–Crippen MR) is 116 cm³/mol. The van der Waals surface area contributed by atoms with Gasteiger partial charge >= 0.3 is 0 Å². The lowest BCUT2D eigenvalue weighted by Gasteiger charge is -2.31. The molecule has 0 spiro atoms. The van der Waals surface area contributed by atoms with Gasteiger partial charge in [-0.1, -0.05) is 48.4 Å². The Hall–Kier alpha value is -2.53. The molecule has 29 heavy (non-hydrogen) atoms. The van der Waals surface area contributed by atoms with E-state index in [-0.39, 0.29) is 24.5 Å². The van der Waals surface area contributed by atoms with E-state index in [1.54, 1.807) is 29.2 Å². The van der Waals surface area contributed by atoms with Crippen LogP contribution in [0.1, 0.15) is 38.3 Å². The molecule has 0 radical (unpaired) electrons. The van der Waals surface area contributed by atoms with Crippen LogP contribution in [0.25, 0.3) is 0 Å². The van der Waals surface area contributed by atoms with Crippen molar-refractivity contribution in [2.45, 2.75) is 52.7 Å². The fraction of sp³-hybridized carbons (Fsp3) is 0.391. The maximum Gasteiger partial charge on any atom is 0.261 e. The van der Waals surface area contributed by atoms with Gasteiger partial charge in [0.25, 0.3) is 5.91 Å². The zero-order valence-corrected chi connectivity index (χ0v) is 18.2. The number of hydrogen-bond donors (Lipinski definition) is 1. The van der Waals surface area contributed by atoms with Crippen LogP contribution >= 0.6 is 11.6 Å². The quantitative estimate of drug-likeness (QED) is 0.660. The molecule has 2 aromatic carbocycles. The number of nitrogens with zero attached hydrogens (tertiary/aromatic N) is 1. The number of ether oxygens (including phenoxy) is 1. The van der Waals surface area contributed by atoms with E-state index in [0.29, 0.717) is 23.7 Å². The Morgan fingerprint density at radius 1 is 1.14 bits per heavy atom. The second-order valence-corrected chi connectivity index (χ2v) is 7.78. The number of halogens is 1. The van der Waals surface area contributed by atoms with E-state index >= 15 is 0 Å². The average Bonchev–Trinajstić information content (AvgIpc) is 2.66. The number of rotatable bonds is 9. The van der Waals surface area contributed by atoms with Crippen molar-refractivity contribution in [1.29, 1.82) is 0 Å². The summed E-state index contributed by atoms with van der Waals surface area (Å²) in [6.07, 6.45) is 0.511. The first-order valence-corrected chi connectivity index (χ1v) is 10.2. The minimum atomic E-state index is -0.570. The molecule has 1 atom stereocenters. The molecule has 0 saturated heterocycles. The van der Waals surface area contributed by atoms with E-state index in [9.17, 15) is 9.59 Å². The minimum absolute atomic E-state index is 0.00205. The summed E-state index contributed by atoms with van der Waals surface area (Å²) in [5, 5.41) is 3.52. The molecule has 0 aromatic heterocycles. The van der Waals surface area contributed by atoms with Crippen LogP contribution in [0.3, 0.4) is 0 Å². The summed E-state index contributed by atoms with van der Waals surface area (Å²) < 4.78 is 5.64. The second-order valence-electron chi connectivity index (χ2n) is 7.34. The average molecular weight is 417 g/mol. The first kappa shape index (κ1) is 22.8. The highest BCUT2D eigenvalue weighted by molar-refractivity contribution is 6.30. The third-order valence-corrected chi connectivity index (χ3v) is 4.68. The lowest BCUT2D eigenvalue weighted by Crippen LogP contribution is -2.51. The number of aryl methyl sites for hydroxylation is 1. The van der Waals surface area contributed by atoms with Crippen molar-refractivity contribution in [2.24, 2.45) is 0 Å². The van der Waals surface area contributed by atoms with E-state index in [1.807, 2.05) is 52.0 Å². The standard InChI is InChI=1S/C23H29ClN2O3/c1-5-21(23(28)25-16(2)3)26(14-18-8-6-7-17(4)13-18)22(27)15-29-20-11-9-19(24)10-12-20/h6-13,16,21H,5,14-15H2,1-4H3,(H,25,28)/t21-/m0/s1. The Labute approximate surface area is 178 Å². The van der Waals surface area contributed by atoms with Gasteiger partial charge in [0.05, 0.1) is 0 Å². The topological polar surface area (TPSA) is 58.6 Å². The highest BCUT2D eigenvalue weighted by atomic mass is 35.5. The van der Waals surface area contributed by atoms with Crippen molar-refractivity contribution in [3.05, 3.63) is 64.7 Å². The second kappa shape index (κ2) is 10.9. The molecule has 6 heteroatoms. The maximum absolute atomic E-state index is 13.1. The van der Waals surface area contributed by atoms with Crippen molar-refractivity contribution in [3.63, 3.8) is 0 Å². The van der Waals surface area contributed by atoms with Gasteiger partial charge in [-0.05, 0) is 57.0 Å². The Morgan fingerprint density at radius 3 is 2.41 bits per heavy atom. The number of carbonyl (C=O) groups is 2. The normalized spacial score (nSPS) is 11.8. The lowest BCUT2D eigenvalue weighted by molar-refractivity contribution is -0.143. The number of amides is 2. The summed E-state index contributed by atoms with van der Waals surface area (Å²) in [5.41, 5.74) is 2.08. The predicted octanol–water partition coefficient (Wildman–Crippen LogP) is 4.36. The number of benzene rings is 2. The minimum Gasteiger partial charge on any atom is -0.484 e. The van der Waals surface area contributed by atoms with E-state index in [4.69, 9.17) is 16.3 Å². The van der Waals surface area contributed by atoms with Gasteiger partial charge in [0.15, 0.2) is 6.61 Å². The third-order valence-electron chi connectivity index (χ3n) is 4.43. The van der Waals surface area contributed by atoms with Crippen molar-refractivity contribution in [2.75, 3.05) is 6.61 Å². The monoisotopic (exact) mass is 416 g/mol. The summed E-state index contributed by atoms with van der Waals surface area (Å²) in [5.74, 6) is 0.153. The number of hydrogen-bond acceptors (Lipinski definition) is 3. The Balaban J connectivity index is 2.20. The van der Waals surface area contributed by atoms with Gasteiger partial charge in [-0.25, -0.2) is 0 Å². The molecule has 2 aromatic rings. The molecule has 0 unspecified atom stereocenters. The molecule has 0 fully saturated rings. The smallest absolute Gasteiger partial charge is 0.261 e. The van der Waals surface area contributed by atoms with Gasteiger partial charge in [0.1, 0.15) is 11.8 Å². The first-order valence-electron chi connectivity index (χ1n) is 9.84. The van der Waals surface area contributed by atoms with Crippen molar-refractivity contribution in [1.82, 2.24) is 10.2 Å². The molecule has 0 aliphatic carbocycles. The molecular weight excluding hydrogens is 388 g/mol. The van der Waals surface area contributed by atoms with E-state index in [1.165, 1.54) is 0 Å². The summed E-state index contributed by atoms with van der Waals surface area (Å²) in [6, 6.07) is 14.2. The molecule has 0 bridgehead atoms. The molecule has 2 rings (SSSR count). The van der Waals surface area contributed by atoms with E-state index in [2.05, 4.69) is 5.32 Å².